The number of amides is 1. The molecule has 12 heteroatoms. The number of benzene rings is 3. The molecule has 0 fully saturated rings. The zero-order valence-electron chi connectivity index (χ0n) is 24.2. The number of hydrogen-bond acceptors (Lipinski definition) is 10. The van der Waals surface area contributed by atoms with E-state index in [1.165, 1.54) is 19.2 Å². The lowest BCUT2D eigenvalue weighted by Crippen LogP contribution is -2.43. The van der Waals surface area contributed by atoms with E-state index in [0.29, 0.717) is 18.4 Å². The van der Waals surface area contributed by atoms with Crippen molar-refractivity contribution in [2.45, 2.75) is 58.0 Å². The van der Waals surface area contributed by atoms with Crippen molar-refractivity contribution in [1.82, 2.24) is 5.32 Å². The Bertz CT molecular complexity index is 1500. The molecule has 0 aromatic heterocycles. The zero-order valence-corrected chi connectivity index (χ0v) is 24.2. The van der Waals surface area contributed by atoms with Crippen LogP contribution in [0, 0.1) is 10.1 Å². The largest absolute Gasteiger partial charge is 0.508 e. The molecule has 1 N–H and O–H groups in total. The van der Waals surface area contributed by atoms with Crippen molar-refractivity contribution in [2.24, 2.45) is 0 Å². The summed E-state index contributed by atoms with van der Waals surface area (Å²) >= 11 is 0. The number of hydrogen-bond donors (Lipinski definition) is 1. The fraction of sp³-hybridized carbons (Fsp3) is 0.323. The molecule has 0 bridgehead atoms. The first-order chi connectivity index (χ1) is 20.4. The van der Waals surface area contributed by atoms with Crippen LogP contribution in [0.15, 0.2) is 66.7 Å². The van der Waals surface area contributed by atoms with Crippen LogP contribution in [-0.4, -0.2) is 42.0 Å². The van der Waals surface area contributed by atoms with Crippen molar-refractivity contribution < 1.29 is 43.0 Å². The molecule has 1 amide bonds. The zero-order chi connectivity index (χ0) is 31.1. The first-order valence-electron chi connectivity index (χ1n) is 13.5. The second kappa shape index (κ2) is 13.2. The van der Waals surface area contributed by atoms with Gasteiger partial charge in [0, 0.05) is 17.7 Å². The van der Waals surface area contributed by atoms with Gasteiger partial charge in [0.2, 0.25) is 0 Å². The minimum Gasteiger partial charge on any atom is -0.457 e. The highest BCUT2D eigenvalue weighted by molar-refractivity contribution is 5.93. The second-order valence-corrected chi connectivity index (χ2v) is 10.7. The van der Waals surface area contributed by atoms with E-state index in [1.54, 1.807) is 57.2 Å². The van der Waals surface area contributed by atoms with E-state index >= 15 is 0 Å². The first kappa shape index (κ1) is 30.8. The molecule has 1 aliphatic carbocycles. The second-order valence-electron chi connectivity index (χ2n) is 10.7. The molecule has 3 aromatic carbocycles. The van der Waals surface area contributed by atoms with Crippen LogP contribution in [0.3, 0.4) is 0 Å². The fourth-order valence-corrected chi connectivity index (χ4v) is 4.60. The predicted molar refractivity (Wildman–Crippen MR) is 153 cm³/mol. The standard InChI is InChI=1S/C31H32N2O10/c1-31(2,3)43-29(35)32-27-25(42-30(36)39-4)15-13-20-11-8-12-24(26(20)27)41-23-16-14-21(33(37)38)17-22(23)28(34)40-18-19-9-6-5-7-10-19/h5-12,14,16-17,25,27H,13,15,18H2,1-4H3,(H,32,35)/t25-,27?/m0/s1. The number of nitrogens with zero attached hydrogens (tertiary/aromatic N) is 1. The number of methoxy groups -OCH3 is 1. The van der Waals surface area contributed by atoms with Gasteiger partial charge >= 0.3 is 18.2 Å². The number of esters is 1. The molecule has 0 aliphatic heterocycles. The lowest BCUT2D eigenvalue weighted by Gasteiger charge is -2.34. The van der Waals surface area contributed by atoms with Crippen LogP contribution in [0.1, 0.15) is 60.3 Å². The minimum atomic E-state index is -0.929. The molecule has 0 saturated carbocycles. The summed E-state index contributed by atoms with van der Waals surface area (Å²) in [5, 5.41) is 14.3. The third-order valence-corrected chi connectivity index (χ3v) is 6.45. The molecule has 1 aliphatic rings. The summed E-state index contributed by atoms with van der Waals surface area (Å²) in [5.41, 5.74) is 0.703. The number of nitrogens with one attached hydrogen (secondary N) is 1. The van der Waals surface area contributed by atoms with E-state index in [0.717, 1.165) is 17.2 Å². The highest BCUT2D eigenvalue weighted by atomic mass is 16.7. The molecule has 226 valence electrons. The van der Waals surface area contributed by atoms with Crippen LogP contribution in [0.25, 0.3) is 0 Å². The summed E-state index contributed by atoms with van der Waals surface area (Å²) in [5.74, 6) is -0.616. The first-order valence-corrected chi connectivity index (χ1v) is 13.5. The summed E-state index contributed by atoms with van der Waals surface area (Å²) in [6, 6.07) is 16.8. The third-order valence-electron chi connectivity index (χ3n) is 6.45. The van der Waals surface area contributed by atoms with E-state index < -0.39 is 40.9 Å². The number of nitro groups is 1. The predicted octanol–water partition coefficient (Wildman–Crippen LogP) is 6.41. The van der Waals surface area contributed by atoms with E-state index in [1.807, 2.05) is 12.1 Å². The van der Waals surface area contributed by atoms with Crippen molar-refractivity contribution in [1.29, 1.82) is 0 Å². The Labute approximate surface area is 248 Å². The maximum absolute atomic E-state index is 13.2. The average Bonchev–Trinajstić information content (AvgIpc) is 2.96. The number of alkyl carbamates (subject to hydrolysis) is 1. The summed E-state index contributed by atoms with van der Waals surface area (Å²) in [4.78, 5) is 49.0. The van der Waals surface area contributed by atoms with Gasteiger partial charge in [-0.15, -0.1) is 0 Å². The summed E-state index contributed by atoms with van der Waals surface area (Å²) < 4.78 is 27.3. The molecule has 43 heavy (non-hydrogen) atoms. The number of nitro benzene ring substituents is 1. The molecule has 1 unspecified atom stereocenters. The molecular weight excluding hydrogens is 560 g/mol. The molecule has 0 radical (unpaired) electrons. The summed E-state index contributed by atoms with van der Waals surface area (Å²) in [6.45, 7) is 5.08. The van der Waals surface area contributed by atoms with Gasteiger partial charge in [0.1, 0.15) is 35.4 Å². The van der Waals surface area contributed by atoms with Crippen molar-refractivity contribution in [3.8, 4) is 11.5 Å². The van der Waals surface area contributed by atoms with Crippen molar-refractivity contribution in [3.05, 3.63) is 99.1 Å². The van der Waals surface area contributed by atoms with E-state index in [9.17, 15) is 24.5 Å². The maximum Gasteiger partial charge on any atom is 0.508 e. The quantitative estimate of drug-likeness (QED) is 0.134. The van der Waals surface area contributed by atoms with Crippen LogP contribution in [0.2, 0.25) is 0 Å². The van der Waals surface area contributed by atoms with E-state index in [2.05, 4.69) is 10.1 Å². The number of ether oxygens (including phenoxy) is 5. The van der Waals surface area contributed by atoms with Crippen molar-refractivity contribution >= 4 is 23.9 Å². The molecule has 0 saturated heterocycles. The van der Waals surface area contributed by atoms with Gasteiger partial charge in [0.15, 0.2) is 0 Å². The molecular formula is C31H32N2O10. The van der Waals surface area contributed by atoms with Gasteiger partial charge in [-0.05, 0) is 56.9 Å². The summed E-state index contributed by atoms with van der Waals surface area (Å²) in [7, 11) is 1.18. The van der Waals surface area contributed by atoms with Gasteiger partial charge in [-0.2, -0.15) is 0 Å². The monoisotopic (exact) mass is 592 g/mol. The molecule has 0 spiro atoms. The Morgan fingerprint density at radius 1 is 1.00 bits per heavy atom. The van der Waals surface area contributed by atoms with Gasteiger partial charge in [0.05, 0.1) is 18.1 Å². The maximum atomic E-state index is 13.2. The minimum absolute atomic E-state index is 0.0101. The Morgan fingerprint density at radius 2 is 1.74 bits per heavy atom. The van der Waals surface area contributed by atoms with Gasteiger partial charge in [-0.25, -0.2) is 14.4 Å². The van der Waals surface area contributed by atoms with Gasteiger partial charge in [0.25, 0.3) is 5.69 Å². The van der Waals surface area contributed by atoms with Crippen molar-refractivity contribution in [3.63, 3.8) is 0 Å². The van der Waals surface area contributed by atoms with Gasteiger partial charge in [-0.1, -0.05) is 42.5 Å². The smallest absolute Gasteiger partial charge is 0.457 e. The SMILES string of the molecule is COC(=O)O[C@H]1CCc2cccc(Oc3ccc([N+](=O)[O-])cc3C(=O)OCc3ccccc3)c2C1NC(=O)OC(C)(C)C. The average molecular weight is 593 g/mol. The van der Waals surface area contributed by atoms with Crippen LogP contribution in [-0.2, 0) is 32.0 Å². The van der Waals surface area contributed by atoms with Gasteiger partial charge in [-0.3, -0.25) is 10.1 Å². The number of aryl methyl sites for hydroxylation is 1. The molecule has 4 rings (SSSR count). The van der Waals surface area contributed by atoms with Crippen LogP contribution in [0.4, 0.5) is 15.3 Å². The number of carbonyl (C=O) groups excluding carboxylic acids is 3. The van der Waals surface area contributed by atoms with E-state index in [-0.39, 0.29) is 29.4 Å². The molecule has 2 atom stereocenters. The Kier molecular flexibility index (Phi) is 9.49. The Morgan fingerprint density at radius 3 is 2.42 bits per heavy atom. The number of rotatable bonds is 8. The van der Waals surface area contributed by atoms with Gasteiger partial charge < -0.3 is 29.0 Å². The normalized spacial score (nSPS) is 15.8. The molecule has 0 heterocycles. The number of carbonyl (C=O) groups is 3. The highest BCUT2D eigenvalue weighted by Crippen LogP contribution is 2.41. The lowest BCUT2D eigenvalue weighted by molar-refractivity contribution is -0.384. The Balaban J connectivity index is 1.71. The number of fused-ring (bicyclic) bond motifs is 1. The van der Waals surface area contributed by atoms with Crippen molar-refractivity contribution in [2.75, 3.05) is 7.11 Å². The summed E-state index contributed by atoms with van der Waals surface area (Å²) in [6.07, 6.45) is -1.70. The molecule has 3 aromatic rings. The van der Waals surface area contributed by atoms with Crippen LogP contribution >= 0.6 is 0 Å². The van der Waals surface area contributed by atoms with Crippen LogP contribution in [0.5, 0.6) is 11.5 Å². The third kappa shape index (κ3) is 8.00. The Hall–Kier alpha value is -5.13. The molecule has 12 nitrogen and oxygen atoms in total. The fourth-order valence-electron chi connectivity index (χ4n) is 4.60. The highest BCUT2D eigenvalue weighted by Gasteiger charge is 2.37. The lowest BCUT2D eigenvalue weighted by atomic mass is 9.84. The van der Waals surface area contributed by atoms with E-state index in [4.69, 9.17) is 18.9 Å². The topological polar surface area (TPSA) is 153 Å². The number of non-ortho nitro benzene ring substituents is 1. The van der Waals surface area contributed by atoms with Crippen LogP contribution < -0.4 is 10.1 Å².